The van der Waals surface area contributed by atoms with Crippen LogP contribution in [0.15, 0.2) is 72.4 Å². The number of rotatable bonds is 5. The number of halogens is 2. The van der Waals surface area contributed by atoms with E-state index in [9.17, 15) is 13.6 Å². The van der Waals surface area contributed by atoms with E-state index in [1.807, 2.05) is 22.0 Å². The molecule has 0 atom stereocenters. The van der Waals surface area contributed by atoms with Crippen molar-refractivity contribution < 1.29 is 13.6 Å². The number of aromatic nitrogens is 4. The molecule has 186 valence electrons. The zero-order chi connectivity index (χ0) is 25.4. The molecule has 1 fully saturated rings. The highest BCUT2D eigenvalue weighted by Gasteiger charge is 2.25. The van der Waals surface area contributed by atoms with Gasteiger partial charge in [-0.25, -0.2) is 23.7 Å². The molecule has 0 radical (unpaired) electrons. The molecule has 0 aliphatic carbocycles. The van der Waals surface area contributed by atoms with Crippen LogP contribution in [0.2, 0.25) is 0 Å². The van der Waals surface area contributed by atoms with Crippen molar-refractivity contribution in [3.8, 4) is 22.6 Å². The van der Waals surface area contributed by atoms with Gasteiger partial charge in [-0.1, -0.05) is 0 Å². The van der Waals surface area contributed by atoms with Crippen LogP contribution in [-0.2, 0) is 0 Å². The highest BCUT2D eigenvalue weighted by atomic mass is 32.1. The first kappa shape index (κ1) is 23.2. The Morgan fingerprint density at radius 1 is 0.946 bits per heavy atom. The number of thiazole rings is 1. The fraction of sp³-hybridized carbons (Fsp3) is 0.185. The van der Waals surface area contributed by atoms with Gasteiger partial charge in [-0.2, -0.15) is 0 Å². The Morgan fingerprint density at radius 3 is 2.38 bits per heavy atom. The number of fused-ring (bicyclic) bond motifs is 1. The molecule has 0 saturated carbocycles. The minimum atomic E-state index is -0.359. The van der Waals surface area contributed by atoms with E-state index in [0.29, 0.717) is 30.3 Å². The van der Waals surface area contributed by atoms with Gasteiger partial charge in [0.2, 0.25) is 5.95 Å². The van der Waals surface area contributed by atoms with Crippen molar-refractivity contribution in [3.63, 3.8) is 0 Å². The lowest BCUT2D eigenvalue weighted by atomic mass is 10.0. The molecule has 1 amide bonds. The Kier molecular flexibility index (Phi) is 6.09. The number of hydrogen-bond acceptors (Lipinski definition) is 6. The monoisotopic (exact) mass is 516 g/mol. The van der Waals surface area contributed by atoms with E-state index in [0.717, 1.165) is 34.8 Å². The van der Waals surface area contributed by atoms with Crippen molar-refractivity contribution in [1.29, 1.82) is 0 Å². The van der Waals surface area contributed by atoms with Crippen LogP contribution in [0.4, 0.5) is 14.7 Å². The highest BCUT2D eigenvalue weighted by Crippen LogP contribution is 2.33. The molecular weight excluding hydrogens is 494 g/mol. The van der Waals surface area contributed by atoms with E-state index >= 15 is 0 Å². The van der Waals surface area contributed by atoms with E-state index < -0.39 is 0 Å². The topological polar surface area (TPSA) is 75.4 Å². The summed E-state index contributed by atoms with van der Waals surface area (Å²) in [7, 11) is 0. The Bertz CT molecular complexity index is 1560. The number of nitrogens with zero attached hydrogens (tertiary/aromatic N) is 5. The molecule has 6 rings (SSSR count). The number of nitrogens with one attached hydrogen (secondary N) is 1. The van der Waals surface area contributed by atoms with E-state index in [1.165, 1.54) is 47.7 Å². The van der Waals surface area contributed by atoms with Gasteiger partial charge >= 0.3 is 0 Å². The normalized spacial score (nSPS) is 14.3. The summed E-state index contributed by atoms with van der Waals surface area (Å²) in [4.78, 5) is 29.3. The lowest BCUT2D eigenvalue weighted by Crippen LogP contribution is -2.42. The Labute approximate surface area is 215 Å². The minimum absolute atomic E-state index is 0.0921. The van der Waals surface area contributed by atoms with Crippen molar-refractivity contribution in [2.75, 3.05) is 18.4 Å². The number of benzene rings is 2. The van der Waals surface area contributed by atoms with Gasteiger partial charge < -0.3 is 10.2 Å². The van der Waals surface area contributed by atoms with Gasteiger partial charge in [0.05, 0.1) is 11.4 Å². The van der Waals surface area contributed by atoms with Crippen molar-refractivity contribution in [1.82, 2.24) is 24.3 Å². The molecule has 2 aromatic carbocycles. The summed E-state index contributed by atoms with van der Waals surface area (Å²) in [6.07, 6.45) is 5.13. The second-order valence-electron chi connectivity index (χ2n) is 8.85. The minimum Gasteiger partial charge on any atom is -0.351 e. The largest absolute Gasteiger partial charge is 0.351 e. The summed E-state index contributed by atoms with van der Waals surface area (Å²) in [6.45, 7) is 1.17. The van der Waals surface area contributed by atoms with Crippen LogP contribution < -0.4 is 5.32 Å². The average molecular weight is 517 g/mol. The number of hydrogen-bond donors (Lipinski definition) is 1. The van der Waals surface area contributed by atoms with E-state index in [4.69, 9.17) is 9.97 Å². The number of carbonyl (C=O) groups excluding carboxylic acids is 1. The van der Waals surface area contributed by atoms with Crippen LogP contribution in [0, 0.1) is 11.6 Å². The third-order valence-electron chi connectivity index (χ3n) is 6.48. The summed E-state index contributed by atoms with van der Waals surface area (Å²) in [5.74, 6) is -0.256. The molecule has 3 aromatic heterocycles. The Balaban J connectivity index is 1.20. The second kappa shape index (κ2) is 9.70. The smallest absolute Gasteiger partial charge is 0.253 e. The number of likely N-dealkylation sites (tertiary alicyclic amines) is 1. The predicted octanol–water partition coefficient (Wildman–Crippen LogP) is 5.51. The molecule has 7 nitrogen and oxygen atoms in total. The quantitative estimate of drug-likeness (QED) is 0.333. The van der Waals surface area contributed by atoms with Crippen LogP contribution in [0.25, 0.3) is 27.6 Å². The van der Waals surface area contributed by atoms with Gasteiger partial charge in [0, 0.05) is 48.0 Å². The first-order valence-electron chi connectivity index (χ1n) is 11.9. The van der Waals surface area contributed by atoms with E-state index in [-0.39, 0.29) is 23.6 Å². The summed E-state index contributed by atoms with van der Waals surface area (Å²) in [5, 5.41) is 5.37. The number of amides is 1. The van der Waals surface area contributed by atoms with Gasteiger partial charge in [-0.3, -0.25) is 9.20 Å². The van der Waals surface area contributed by atoms with E-state index in [1.54, 1.807) is 23.2 Å². The molecule has 1 aliphatic heterocycles. The molecule has 1 N–H and O–H groups in total. The van der Waals surface area contributed by atoms with Crippen molar-refractivity contribution in [2.45, 2.75) is 18.9 Å². The maximum absolute atomic E-state index is 13.5. The highest BCUT2D eigenvalue weighted by molar-refractivity contribution is 7.15. The van der Waals surface area contributed by atoms with E-state index in [2.05, 4.69) is 10.3 Å². The standard InChI is InChI=1S/C27H22F2N6OS/c28-19-5-1-17(2-6-19)23-24(35-15-16-37-27(35)33-23)22-9-12-30-26(32-22)31-21-10-13-34(14-11-21)25(36)18-3-7-20(29)8-4-18/h1-9,12,15-16,21H,10-11,13-14H2,(H,30,31,32). The summed E-state index contributed by atoms with van der Waals surface area (Å²) < 4.78 is 28.7. The number of anilines is 1. The molecule has 1 aliphatic rings. The molecule has 0 unspecified atom stereocenters. The molecule has 10 heteroatoms. The molecule has 4 heterocycles. The van der Waals surface area contributed by atoms with Gasteiger partial charge in [-0.05, 0) is 67.4 Å². The Morgan fingerprint density at radius 2 is 1.65 bits per heavy atom. The maximum Gasteiger partial charge on any atom is 0.253 e. The van der Waals surface area contributed by atoms with Crippen molar-refractivity contribution in [3.05, 3.63) is 89.6 Å². The van der Waals surface area contributed by atoms with Crippen LogP contribution in [-0.4, -0.2) is 49.3 Å². The molecule has 0 bridgehead atoms. The van der Waals surface area contributed by atoms with Crippen molar-refractivity contribution in [2.24, 2.45) is 0 Å². The van der Waals surface area contributed by atoms with Gasteiger partial charge in [-0.15, -0.1) is 11.3 Å². The molecule has 1 saturated heterocycles. The first-order valence-corrected chi connectivity index (χ1v) is 12.8. The zero-order valence-corrected chi connectivity index (χ0v) is 20.5. The molecule has 37 heavy (non-hydrogen) atoms. The first-order chi connectivity index (χ1) is 18.0. The average Bonchev–Trinajstić information content (AvgIpc) is 3.51. The third-order valence-corrected chi connectivity index (χ3v) is 7.24. The maximum atomic E-state index is 13.5. The second-order valence-corrected chi connectivity index (χ2v) is 9.73. The lowest BCUT2D eigenvalue weighted by molar-refractivity contribution is 0.0718. The molecule has 0 spiro atoms. The number of piperidine rings is 1. The fourth-order valence-corrected chi connectivity index (χ4v) is 5.30. The number of carbonyl (C=O) groups is 1. The summed E-state index contributed by atoms with van der Waals surface area (Å²) in [5.41, 5.74) is 3.53. The molecule has 5 aromatic rings. The lowest BCUT2D eigenvalue weighted by Gasteiger charge is -2.32. The van der Waals surface area contributed by atoms with Crippen molar-refractivity contribution >= 4 is 28.2 Å². The zero-order valence-electron chi connectivity index (χ0n) is 19.6. The third kappa shape index (κ3) is 4.67. The predicted molar refractivity (Wildman–Crippen MR) is 138 cm³/mol. The van der Waals surface area contributed by atoms with Gasteiger partial charge in [0.1, 0.15) is 17.3 Å². The Hall–Kier alpha value is -4.18. The summed E-state index contributed by atoms with van der Waals surface area (Å²) >= 11 is 1.52. The molecular formula is C27H22F2N6OS. The van der Waals surface area contributed by atoms with Crippen LogP contribution in [0.5, 0.6) is 0 Å². The number of imidazole rings is 1. The fourth-order valence-electron chi connectivity index (χ4n) is 4.58. The van der Waals surface area contributed by atoms with Gasteiger partial charge in [0.25, 0.3) is 5.91 Å². The van der Waals surface area contributed by atoms with Crippen LogP contribution in [0.3, 0.4) is 0 Å². The SMILES string of the molecule is O=C(c1ccc(F)cc1)N1CCC(Nc2nccc(-c3c(-c4ccc(F)cc4)nc4sccn34)n2)CC1. The van der Waals surface area contributed by atoms with Crippen LogP contribution in [0.1, 0.15) is 23.2 Å². The van der Waals surface area contributed by atoms with Crippen LogP contribution >= 0.6 is 11.3 Å². The van der Waals surface area contributed by atoms with Gasteiger partial charge in [0.15, 0.2) is 4.96 Å². The summed E-state index contributed by atoms with van der Waals surface area (Å²) in [6, 6.07) is 13.9.